The summed E-state index contributed by atoms with van der Waals surface area (Å²) in [5.74, 6) is -1.09. The zero-order valence-corrected chi connectivity index (χ0v) is 15.2. The van der Waals surface area contributed by atoms with Crippen molar-refractivity contribution in [1.82, 2.24) is 9.97 Å². The van der Waals surface area contributed by atoms with Crippen LogP contribution in [0.15, 0.2) is 49.3 Å². The maximum atomic E-state index is 14.2. The lowest BCUT2D eigenvalue weighted by Gasteiger charge is -2.10. The molecule has 3 aromatic rings. The highest BCUT2D eigenvalue weighted by Crippen LogP contribution is 2.28. The third kappa shape index (κ3) is 3.46. The number of hydrogen-bond acceptors (Lipinski definition) is 4. The minimum absolute atomic E-state index is 0.0276. The summed E-state index contributed by atoms with van der Waals surface area (Å²) >= 11 is 9.07. The molecule has 0 radical (unpaired) electrons. The van der Waals surface area contributed by atoms with Gasteiger partial charge in [0.15, 0.2) is 0 Å². The van der Waals surface area contributed by atoms with E-state index in [9.17, 15) is 22.4 Å². The van der Waals surface area contributed by atoms with Crippen LogP contribution in [0, 0.1) is 5.82 Å². The number of aromatic nitrogens is 2. The monoisotopic (exact) mass is 447 g/mol. The summed E-state index contributed by atoms with van der Waals surface area (Å²) in [7, 11) is -4.30. The Hall–Kier alpha value is -2.17. The molecule has 1 heterocycles. The molecule has 0 bridgehead atoms. The summed E-state index contributed by atoms with van der Waals surface area (Å²) in [6, 6.07) is 6.05. The molecule has 25 heavy (non-hydrogen) atoms. The van der Waals surface area contributed by atoms with Crippen LogP contribution in [0.2, 0.25) is 5.02 Å². The smallest absolute Gasteiger partial charge is 0.314 e. The molecule has 0 amide bonds. The summed E-state index contributed by atoms with van der Waals surface area (Å²) < 4.78 is 41.9. The van der Waals surface area contributed by atoms with E-state index in [1.165, 1.54) is 18.2 Å². The zero-order chi connectivity index (χ0) is 18.4. The van der Waals surface area contributed by atoms with Gasteiger partial charge in [-0.1, -0.05) is 11.6 Å². The fraction of sp³-hybridized carbons (Fsp3) is 0. The Morgan fingerprint density at radius 2 is 1.64 bits per heavy atom. The van der Waals surface area contributed by atoms with Crippen LogP contribution in [-0.4, -0.2) is 18.4 Å². The fourth-order valence-electron chi connectivity index (χ4n) is 2.09. The van der Waals surface area contributed by atoms with Crippen molar-refractivity contribution in [3.63, 3.8) is 0 Å². The Kier molecular flexibility index (Phi) is 4.43. The molecule has 0 saturated heterocycles. The normalized spacial score (nSPS) is 11.6. The predicted octanol–water partition coefficient (Wildman–Crippen LogP) is 2.57. The van der Waals surface area contributed by atoms with Gasteiger partial charge in [0.05, 0.1) is 21.7 Å². The zero-order valence-electron chi connectivity index (χ0n) is 12.1. The number of halogens is 3. The van der Waals surface area contributed by atoms with Crippen LogP contribution in [0.3, 0.4) is 0 Å². The van der Waals surface area contributed by atoms with Gasteiger partial charge >= 0.3 is 11.1 Å². The number of hydrogen-bond donors (Lipinski definition) is 3. The maximum Gasteiger partial charge on any atom is 0.314 e. The molecule has 2 aromatic carbocycles. The number of benzene rings is 2. The Labute approximate surface area is 153 Å². The van der Waals surface area contributed by atoms with Crippen molar-refractivity contribution in [2.45, 2.75) is 4.90 Å². The Balaban J connectivity index is 2.11. The summed E-state index contributed by atoms with van der Waals surface area (Å²) in [5.41, 5.74) is -1.88. The van der Waals surface area contributed by atoms with Crippen molar-refractivity contribution in [2.75, 3.05) is 4.72 Å². The van der Waals surface area contributed by atoms with Crippen molar-refractivity contribution >= 4 is 54.3 Å². The SMILES string of the molecule is O=c1[nH]c2cc(F)c(S(=O)(=O)Nc3ccc(Br)c(Cl)c3)cc2[nH]c1=O. The number of fused-ring (bicyclic) bond motifs is 1. The molecule has 1 aromatic heterocycles. The fourth-order valence-corrected chi connectivity index (χ4v) is 3.66. The maximum absolute atomic E-state index is 14.2. The first kappa shape index (κ1) is 17.6. The quantitative estimate of drug-likeness (QED) is 0.535. The predicted molar refractivity (Wildman–Crippen MR) is 95.1 cm³/mol. The standard InChI is InChI=1S/C14H8BrClFN3O4S/c15-7-2-1-6(3-8(7)16)20-25(23,24)12-5-11-10(4-9(12)17)18-13(21)14(22)19-11/h1-5,20H,(H,18,21)(H,19,22). The van der Waals surface area contributed by atoms with E-state index in [0.717, 1.165) is 12.1 Å². The Morgan fingerprint density at radius 1 is 1.04 bits per heavy atom. The molecule has 3 N–H and O–H groups in total. The van der Waals surface area contributed by atoms with E-state index in [2.05, 4.69) is 30.6 Å². The topological polar surface area (TPSA) is 112 Å². The van der Waals surface area contributed by atoms with Crippen molar-refractivity contribution in [3.8, 4) is 0 Å². The second-order valence-corrected chi connectivity index (χ2v) is 7.88. The van der Waals surface area contributed by atoms with Crippen molar-refractivity contribution in [3.05, 3.63) is 66.4 Å². The number of sulfonamides is 1. The van der Waals surface area contributed by atoms with Gasteiger partial charge in [-0.2, -0.15) is 0 Å². The van der Waals surface area contributed by atoms with Crippen LogP contribution in [-0.2, 0) is 10.0 Å². The molecule has 0 atom stereocenters. The van der Waals surface area contributed by atoms with Crippen LogP contribution in [0.25, 0.3) is 11.0 Å². The lowest BCUT2D eigenvalue weighted by Crippen LogP contribution is -2.29. The van der Waals surface area contributed by atoms with Crippen LogP contribution in [0.1, 0.15) is 0 Å². The Morgan fingerprint density at radius 3 is 2.24 bits per heavy atom. The Bertz CT molecular complexity index is 1220. The molecular weight excluding hydrogens is 441 g/mol. The molecule has 0 saturated carbocycles. The second-order valence-electron chi connectivity index (χ2n) is 4.97. The minimum atomic E-state index is -4.30. The number of H-pyrrole nitrogens is 2. The van der Waals surface area contributed by atoms with Crippen LogP contribution in [0.5, 0.6) is 0 Å². The second kappa shape index (κ2) is 6.28. The van der Waals surface area contributed by atoms with E-state index in [4.69, 9.17) is 11.6 Å². The molecule has 0 fully saturated rings. The van der Waals surface area contributed by atoms with E-state index >= 15 is 0 Å². The molecule has 0 unspecified atom stereocenters. The van der Waals surface area contributed by atoms with Crippen molar-refractivity contribution in [1.29, 1.82) is 0 Å². The summed E-state index contributed by atoms with van der Waals surface area (Å²) in [5, 5.41) is 0.265. The molecule has 0 aliphatic carbocycles. The van der Waals surface area contributed by atoms with E-state index in [1.807, 2.05) is 0 Å². The average Bonchev–Trinajstić information content (AvgIpc) is 2.51. The van der Waals surface area contributed by atoms with Gasteiger partial charge in [0, 0.05) is 10.5 Å². The first-order valence-electron chi connectivity index (χ1n) is 6.61. The van der Waals surface area contributed by atoms with Crippen molar-refractivity contribution in [2.24, 2.45) is 0 Å². The third-order valence-corrected chi connectivity index (χ3v) is 5.86. The van der Waals surface area contributed by atoms with Crippen molar-refractivity contribution < 1.29 is 12.8 Å². The van der Waals surface area contributed by atoms with Crippen LogP contribution < -0.4 is 15.8 Å². The molecular formula is C14H8BrClFN3O4S. The van der Waals surface area contributed by atoms with E-state index in [-0.39, 0.29) is 21.7 Å². The van der Waals surface area contributed by atoms with Gasteiger partial charge < -0.3 is 9.97 Å². The summed E-state index contributed by atoms with van der Waals surface area (Å²) in [6.07, 6.45) is 0. The molecule has 3 rings (SSSR count). The van der Waals surface area contributed by atoms with Crippen LogP contribution in [0.4, 0.5) is 10.1 Å². The van der Waals surface area contributed by atoms with E-state index < -0.39 is 31.9 Å². The highest BCUT2D eigenvalue weighted by molar-refractivity contribution is 9.10. The number of nitrogens with one attached hydrogen (secondary N) is 3. The van der Waals surface area contributed by atoms with Gasteiger partial charge in [-0.25, -0.2) is 12.8 Å². The lowest BCUT2D eigenvalue weighted by atomic mass is 10.3. The van der Waals surface area contributed by atoms with Gasteiger partial charge in [-0.3, -0.25) is 14.3 Å². The van der Waals surface area contributed by atoms with Gasteiger partial charge in [0.25, 0.3) is 10.0 Å². The van der Waals surface area contributed by atoms with Gasteiger partial charge in [0.1, 0.15) is 10.7 Å². The van der Waals surface area contributed by atoms with Gasteiger partial charge in [-0.15, -0.1) is 0 Å². The number of aromatic amines is 2. The number of rotatable bonds is 3. The van der Waals surface area contributed by atoms with Crippen LogP contribution >= 0.6 is 27.5 Å². The minimum Gasteiger partial charge on any atom is -0.316 e. The lowest BCUT2D eigenvalue weighted by molar-refractivity contribution is 0.571. The summed E-state index contributed by atoms with van der Waals surface area (Å²) in [6.45, 7) is 0. The first-order chi connectivity index (χ1) is 11.7. The highest BCUT2D eigenvalue weighted by atomic mass is 79.9. The highest BCUT2D eigenvalue weighted by Gasteiger charge is 2.21. The average molecular weight is 449 g/mol. The van der Waals surface area contributed by atoms with Gasteiger partial charge in [0.2, 0.25) is 0 Å². The largest absolute Gasteiger partial charge is 0.316 e. The molecule has 130 valence electrons. The molecule has 0 spiro atoms. The molecule has 11 heteroatoms. The van der Waals surface area contributed by atoms with Gasteiger partial charge in [-0.05, 0) is 40.2 Å². The summed E-state index contributed by atoms with van der Waals surface area (Å²) in [4.78, 5) is 26.3. The molecule has 0 aliphatic rings. The first-order valence-corrected chi connectivity index (χ1v) is 9.26. The van der Waals surface area contributed by atoms with E-state index in [1.54, 1.807) is 0 Å². The molecule has 0 aliphatic heterocycles. The molecule has 7 nitrogen and oxygen atoms in total. The van der Waals surface area contributed by atoms with E-state index in [0.29, 0.717) is 4.47 Å². The number of anilines is 1. The third-order valence-electron chi connectivity index (χ3n) is 3.24.